The zero-order chi connectivity index (χ0) is 9.72. The highest BCUT2D eigenvalue weighted by Gasteiger charge is 2.13. The van der Waals surface area contributed by atoms with E-state index < -0.39 is 18.4 Å². The third-order valence-corrected chi connectivity index (χ3v) is 1.13. The quantitative estimate of drug-likeness (QED) is 0.363. The van der Waals surface area contributed by atoms with Crippen molar-refractivity contribution >= 4 is 5.97 Å². The molecular formula is C8H14O4. The third-order valence-electron chi connectivity index (χ3n) is 1.13. The molecule has 12 heavy (non-hydrogen) atoms. The van der Waals surface area contributed by atoms with Gasteiger partial charge in [0.25, 0.3) is 0 Å². The van der Waals surface area contributed by atoms with E-state index in [-0.39, 0.29) is 12.0 Å². The van der Waals surface area contributed by atoms with Crippen LogP contribution in [0.15, 0.2) is 12.2 Å². The third kappa shape index (κ3) is 4.87. The second kappa shape index (κ2) is 4.90. The second-order valence-electron chi connectivity index (χ2n) is 2.73. The summed E-state index contributed by atoms with van der Waals surface area (Å²) in [4.78, 5) is 10.8. The van der Waals surface area contributed by atoms with Gasteiger partial charge in [0.05, 0.1) is 6.10 Å². The summed E-state index contributed by atoms with van der Waals surface area (Å²) >= 11 is 0. The molecule has 0 amide bonds. The summed E-state index contributed by atoms with van der Waals surface area (Å²) in [6, 6.07) is 0. The molecule has 0 heterocycles. The highest BCUT2D eigenvalue weighted by Crippen LogP contribution is 2.02. The van der Waals surface area contributed by atoms with Crippen LogP contribution in [0, 0.1) is 0 Å². The normalized spacial score (nSPS) is 15.0. The van der Waals surface area contributed by atoms with Crippen LogP contribution in [-0.2, 0) is 9.53 Å². The van der Waals surface area contributed by atoms with Gasteiger partial charge in [-0.3, -0.25) is 0 Å². The van der Waals surface area contributed by atoms with E-state index in [1.165, 1.54) is 13.8 Å². The van der Waals surface area contributed by atoms with Gasteiger partial charge < -0.3 is 14.9 Å². The Hall–Kier alpha value is -0.870. The predicted octanol–water partition coefficient (Wildman–Crippen LogP) is 0.195. The van der Waals surface area contributed by atoms with Gasteiger partial charge in [-0.15, -0.1) is 0 Å². The Morgan fingerprint density at radius 3 is 2.42 bits per heavy atom. The summed E-state index contributed by atoms with van der Waals surface area (Å²) in [5.74, 6) is -0.650. The van der Waals surface area contributed by atoms with E-state index in [1.54, 1.807) is 0 Å². The maximum atomic E-state index is 10.8. The maximum Gasteiger partial charge on any atom is 0.335 e. The highest BCUT2D eigenvalue weighted by molar-refractivity contribution is 5.86. The van der Waals surface area contributed by atoms with E-state index in [1.807, 2.05) is 0 Å². The Morgan fingerprint density at radius 2 is 2.08 bits per heavy atom. The van der Waals surface area contributed by atoms with Crippen LogP contribution in [0.3, 0.4) is 0 Å². The fourth-order valence-electron chi connectivity index (χ4n) is 0.564. The smallest absolute Gasteiger partial charge is 0.335 e. The average molecular weight is 174 g/mol. The molecule has 0 aliphatic rings. The molecule has 0 aromatic rings. The molecule has 0 radical (unpaired) electrons. The molecular weight excluding hydrogens is 160 g/mol. The minimum Gasteiger partial charge on any atom is -0.433 e. The van der Waals surface area contributed by atoms with Crippen LogP contribution in [0.2, 0.25) is 0 Å². The standard InChI is InChI=1S/C8H14O4/c1-5(2)8(11)12-7(10)4-6(3)9/h6-7,9-10H,1,4H2,2-3H3. The molecule has 0 spiro atoms. The fourth-order valence-corrected chi connectivity index (χ4v) is 0.564. The number of carbonyl (C=O) groups excluding carboxylic acids is 1. The van der Waals surface area contributed by atoms with Gasteiger partial charge in [-0.2, -0.15) is 0 Å². The average Bonchev–Trinajstić information content (AvgIpc) is 1.84. The molecule has 0 aromatic carbocycles. The van der Waals surface area contributed by atoms with Crippen molar-refractivity contribution in [1.29, 1.82) is 0 Å². The van der Waals surface area contributed by atoms with Gasteiger partial charge in [-0.05, 0) is 13.8 Å². The fraction of sp³-hybridized carbons (Fsp3) is 0.625. The first-order chi connectivity index (χ1) is 5.43. The lowest BCUT2D eigenvalue weighted by Gasteiger charge is -2.12. The summed E-state index contributed by atoms with van der Waals surface area (Å²) in [5, 5.41) is 17.8. The van der Waals surface area contributed by atoms with Gasteiger partial charge in [-0.25, -0.2) is 4.79 Å². The molecule has 70 valence electrons. The summed E-state index contributed by atoms with van der Waals surface area (Å²) < 4.78 is 4.48. The van der Waals surface area contributed by atoms with E-state index in [9.17, 15) is 4.79 Å². The van der Waals surface area contributed by atoms with Crippen LogP contribution in [-0.4, -0.2) is 28.6 Å². The Labute approximate surface area is 71.5 Å². The van der Waals surface area contributed by atoms with Crippen molar-refractivity contribution in [3.05, 3.63) is 12.2 Å². The summed E-state index contributed by atoms with van der Waals surface area (Å²) in [6.45, 7) is 6.32. The number of carbonyl (C=O) groups is 1. The first kappa shape index (κ1) is 11.1. The molecule has 0 aromatic heterocycles. The molecule has 0 saturated carbocycles. The van der Waals surface area contributed by atoms with Gasteiger partial charge >= 0.3 is 5.97 Å². The largest absolute Gasteiger partial charge is 0.433 e. The van der Waals surface area contributed by atoms with Crippen molar-refractivity contribution < 1.29 is 19.7 Å². The van der Waals surface area contributed by atoms with Gasteiger partial charge in [-0.1, -0.05) is 6.58 Å². The number of hydrogen-bond donors (Lipinski definition) is 2. The number of aliphatic hydroxyl groups excluding tert-OH is 2. The van der Waals surface area contributed by atoms with Crippen LogP contribution in [0.1, 0.15) is 20.3 Å². The molecule has 2 unspecified atom stereocenters. The number of hydrogen-bond acceptors (Lipinski definition) is 4. The Kier molecular flexibility index (Phi) is 4.54. The Morgan fingerprint density at radius 1 is 1.58 bits per heavy atom. The molecule has 2 atom stereocenters. The minimum absolute atomic E-state index is 0.0129. The molecule has 4 heteroatoms. The topological polar surface area (TPSA) is 66.8 Å². The van der Waals surface area contributed by atoms with Crippen LogP contribution >= 0.6 is 0 Å². The van der Waals surface area contributed by atoms with Crippen LogP contribution < -0.4 is 0 Å². The van der Waals surface area contributed by atoms with E-state index >= 15 is 0 Å². The molecule has 0 fully saturated rings. The van der Waals surface area contributed by atoms with Crippen LogP contribution in [0.25, 0.3) is 0 Å². The second-order valence-corrected chi connectivity index (χ2v) is 2.73. The van der Waals surface area contributed by atoms with E-state index in [2.05, 4.69) is 11.3 Å². The van der Waals surface area contributed by atoms with Crippen molar-refractivity contribution in [2.45, 2.75) is 32.7 Å². The van der Waals surface area contributed by atoms with Crippen molar-refractivity contribution in [1.82, 2.24) is 0 Å². The van der Waals surface area contributed by atoms with Crippen molar-refractivity contribution in [2.24, 2.45) is 0 Å². The van der Waals surface area contributed by atoms with Crippen molar-refractivity contribution in [3.63, 3.8) is 0 Å². The molecule has 0 rings (SSSR count). The van der Waals surface area contributed by atoms with E-state index in [4.69, 9.17) is 10.2 Å². The number of ether oxygens (including phenoxy) is 1. The molecule has 0 bridgehead atoms. The Bertz CT molecular complexity index is 174. The lowest BCUT2D eigenvalue weighted by atomic mass is 10.3. The van der Waals surface area contributed by atoms with Gasteiger partial charge in [0, 0.05) is 12.0 Å². The molecule has 2 N–H and O–H groups in total. The lowest BCUT2D eigenvalue weighted by Crippen LogP contribution is -2.22. The maximum absolute atomic E-state index is 10.8. The molecule has 0 aliphatic carbocycles. The van der Waals surface area contributed by atoms with Crippen LogP contribution in [0.4, 0.5) is 0 Å². The monoisotopic (exact) mass is 174 g/mol. The minimum atomic E-state index is -1.26. The SMILES string of the molecule is C=C(C)C(=O)OC(O)CC(C)O. The van der Waals surface area contributed by atoms with Crippen LogP contribution in [0.5, 0.6) is 0 Å². The zero-order valence-electron chi connectivity index (χ0n) is 7.28. The summed E-state index contributed by atoms with van der Waals surface area (Å²) in [7, 11) is 0. The highest BCUT2D eigenvalue weighted by atomic mass is 16.6. The molecule has 0 saturated heterocycles. The summed E-state index contributed by atoms with van der Waals surface area (Å²) in [6.07, 6.45) is -1.94. The van der Waals surface area contributed by atoms with Crippen molar-refractivity contribution in [2.75, 3.05) is 0 Å². The van der Waals surface area contributed by atoms with Gasteiger partial charge in [0.2, 0.25) is 6.29 Å². The van der Waals surface area contributed by atoms with E-state index in [0.717, 1.165) is 0 Å². The first-order valence-corrected chi connectivity index (χ1v) is 3.66. The molecule has 0 aliphatic heterocycles. The number of esters is 1. The lowest BCUT2D eigenvalue weighted by molar-refractivity contribution is -0.166. The molecule has 4 nitrogen and oxygen atoms in total. The van der Waals surface area contributed by atoms with E-state index in [0.29, 0.717) is 0 Å². The van der Waals surface area contributed by atoms with Gasteiger partial charge in [0.1, 0.15) is 0 Å². The summed E-state index contributed by atoms with van der Waals surface area (Å²) in [5.41, 5.74) is 0.222. The zero-order valence-corrected chi connectivity index (χ0v) is 7.28. The number of rotatable bonds is 4. The predicted molar refractivity (Wildman–Crippen MR) is 43.2 cm³/mol. The van der Waals surface area contributed by atoms with Gasteiger partial charge in [0.15, 0.2) is 0 Å². The Balaban J connectivity index is 3.76. The first-order valence-electron chi connectivity index (χ1n) is 3.66. The number of aliphatic hydroxyl groups is 2. The van der Waals surface area contributed by atoms with Crippen molar-refractivity contribution in [3.8, 4) is 0 Å².